The molecule has 3 heterocycles. The molecule has 2 aliphatic heterocycles. The first-order valence-electron chi connectivity index (χ1n) is 7.52. The van der Waals surface area contributed by atoms with Crippen LogP contribution in [0.2, 0.25) is 0 Å². The van der Waals surface area contributed by atoms with E-state index in [1.807, 2.05) is 28.0 Å². The van der Waals surface area contributed by atoms with Gasteiger partial charge in [-0.15, -0.1) is 0 Å². The number of hydrogen-bond donors (Lipinski definition) is 0. The SMILES string of the molecule is CN1CCN(C(=O)N2CC[C@@H](Oc3ccccn3)C2)CC1. The molecule has 0 aromatic carbocycles. The maximum absolute atomic E-state index is 12.5. The van der Waals surface area contributed by atoms with Crippen molar-refractivity contribution in [1.29, 1.82) is 0 Å². The fourth-order valence-electron chi connectivity index (χ4n) is 2.78. The number of piperazine rings is 1. The molecule has 0 unspecified atom stereocenters. The highest BCUT2D eigenvalue weighted by molar-refractivity contribution is 5.75. The smallest absolute Gasteiger partial charge is 0.320 e. The number of ether oxygens (including phenoxy) is 1. The van der Waals surface area contributed by atoms with Crippen LogP contribution in [0.4, 0.5) is 4.79 Å². The first-order chi connectivity index (χ1) is 10.2. The minimum Gasteiger partial charge on any atom is -0.472 e. The van der Waals surface area contributed by atoms with Crippen LogP contribution in [-0.4, -0.2) is 78.1 Å². The molecule has 114 valence electrons. The van der Waals surface area contributed by atoms with E-state index in [2.05, 4.69) is 16.9 Å². The minimum atomic E-state index is 0.0521. The molecule has 0 saturated carbocycles. The molecule has 6 heteroatoms. The Labute approximate surface area is 125 Å². The Morgan fingerprint density at radius 3 is 2.71 bits per heavy atom. The summed E-state index contributed by atoms with van der Waals surface area (Å²) in [6, 6.07) is 5.77. The second kappa shape index (κ2) is 6.30. The molecule has 1 atom stereocenters. The van der Waals surface area contributed by atoms with Crippen molar-refractivity contribution in [3.05, 3.63) is 24.4 Å². The van der Waals surface area contributed by atoms with E-state index in [4.69, 9.17) is 4.74 Å². The van der Waals surface area contributed by atoms with Crippen molar-refractivity contribution in [3.8, 4) is 5.88 Å². The zero-order valence-corrected chi connectivity index (χ0v) is 12.4. The van der Waals surface area contributed by atoms with E-state index in [1.165, 1.54) is 0 Å². The lowest BCUT2D eigenvalue weighted by Crippen LogP contribution is -2.51. The second-order valence-corrected chi connectivity index (χ2v) is 5.72. The lowest BCUT2D eigenvalue weighted by Gasteiger charge is -2.34. The van der Waals surface area contributed by atoms with Crippen molar-refractivity contribution in [1.82, 2.24) is 19.7 Å². The van der Waals surface area contributed by atoms with E-state index in [0.717, 1.165) is 39.1 Å². The van der Waals surface area contributed by atoms with Gasteiger partial charge in [0.15, 0.2) is 0 Å². The normalized spacial score (nSPS) is 23.4. The number of hydrogen-bond acceptors (Lipinski definition) is 4. The van der Waals surface area contributed by atoms with Gasteiger partial charge in [-0.05, 0) is 13.1 Å². The molecule has 0 bridgehead atoms. The number of rotatable bonds is 2. The van der Waals surface area contributed by atoms with Crippen LogP contribution in [0.5, 0.6) is 5.88 Å². The molecule has 2 saturated heterocycles. The van der Waals surface area contributed by atoms with E-state index in [0.29, 0.717) is 12.4 Å². The van der Waals surface area contributed by atoms with Gasteiger partial charge in [-0.3, -0.25) is 0 Å². The van der Waals surface area contributed by atoms with Crippen LogP contribution in [0, 0.1) is 0 Å². The number of likely N-dealkylation sites (N-methyl/N-ethyl adjacent to an activating group) is 1. The highest BCUT2D eigenvalue weighted by Gasteiger charge is 2.31. The number of amides is 2. The van der Waals surface area contributed by atoms with Crippen LogP contribution in [0.15, 0.2) is 24.4 Å². The first kappa shape index (κ1) is 14.1. The first-order valence-corrected chi connectivity index (χ1v) is 7.52. The maximum Gasteiger partial charge on any atom is 0.320 e. The molecule has 2 aliphatic rings. The second-order valence-electron chi connectivity index (χ2n) is 5.72. The van der Waals surface area contributed by atoms with Gasteiger partial charge in [-0.1, -0.05) is 6.07 Å². The number of nitrogens with zero attached hydrogens (tertiary/aromatic N) is 4. The summed E-state index contributed by atoms with van der Waals surface area (Å²) in [7, 11) is 2.09. The van der Waals surface area contributed by atoms with Crippen molar-refractivity contribution in [3.63, 3.8) is 0 Å². The molecular weight excluding hydrogens is 268 g/mol. The van der Waals surface area contributed by atoms with E-state index in [9.17, 15) is 4.79 Å². The monoisotopic (exact) mass is 290 g/mol. The Bertz CT molecular complexity index is 474. The summed E-state index contributed by atoms with van der Waals surface area (Å²) in [5, 5.41) is 0. The summed E-state index contributed by atoms with van der Waals surface area (Å²) in [4.78, 5) is 22.7. The zero-order chi connectivity index (χ0) is 14.7. The van der Waals surface area contributed by atoms with Crippen molar-refractivity contribution >= 4 is 6.03 Å². The van der Waals surface area contributed by atoms with Crippen LogP contribution >= 0.6 is 0 Å². The molecule has 2 fully saturated rings. The molecular formula is C15H22N4O2. The largest absolute Gasteiger partial charge is 0.472 e. The van der Waals surface area contributed by atoms with Gasteiger partial charge in [0.25, 0.3) is 0 Å². The Balaban J connectivity index is 1.51. The van der Waals surface area contributed by atoms with Gasteiger partial charge in [0.2, 0.25) is 5.88 Å². The standard InChI is InChI=1S/C15H22N4O2/c1-17-8-10-18(11-9-17)15(20)19-7-5-13(12-19)21-14-4-2-3-6-16-14/h2-4,6,13H,5,7-12H2,1H3/t13-/m1/s1. The molecule has 6 nitrogen and oxygen atoms in total. The highest BCUT2D eigenvalue weighted by Crippen LogP contribution is 2.18. The van der Waals surface area contributed by atoms with Gasteiger partial charge >= 0.3 is 6.03 Å². The third-order valence-corrected chi connectivity index (χ3v) is 4.11. The fourth-order valence-corrected chi connectivity index (χ4v) is 2.78. The van der Waals surface area contributed by atoms with Gasteiger partial charge in [-0.25, -0.2) is 9.78 Å². The third kappa shape index (κ3) is 3.44. The Morgan fingerprint density at radius 1 is 1.19 bits per heavy atom. The quantitative estimate of drug-likeness (QED) is 0.812. The molecule has 0 aliphatic carbocycles. The molecule has 0 spiro atoms. The van der Waals surface area contributed by atoms with E-state index < -0.39 is 0 Å². The molecule has 21 heavy (non-hydrogen) atoms. The van der Waals surface area contributed by atoms with Gasteiger partial charge in [0, 0.05) is 51.4 Å². The summed E-state index contributed by atoms with van der Waals surface area (Å²) in [5.41, 5.74) is 0. The average molecular weight is 290 g/mol. The number of aromatic nitrogens is 1. The van der Waals surface area contributed by atoms with Gasteiger partial charge in [-0.2, -0.15) is 0 Å². The number of carbonyl (C=O) groups excluding carboxylic acids is 1. The fraction of sp³-hybridized carbons (Fsp3) is 0.600. The van der Waals surface area contributed by atoms with Crippen LogP contribution in [-0.2, 0) is 0 Å². The number of carbonyl (C=O) groups is 1. The van der Waals surface area contributed by atoms with Crippen LogP contribution in [0.1, 0.15) is 6.42 Å². The molecule has 1 aromatic rings. The summed E-state index contributed by atoms with van der Waals surface area (Å²) in [6.45, 7) is 4.96. The van der Waals surface area contributed by atoms with Crippen molar-refractivity contribution in [2.45, 2.75) is 12.5 Å². The lowest BCUT2D eigenvalue weighted by molar-refractivity contribution is 0.123. The van der Waals surface area contributed by atoms with E-state index >= 15 is 0 Å². The Kier molecular flexibility index (Phi) is 4.24. The topological polar surface area (TPSA) is 48.9 Å². The average Bonchev–Trinajstić information content (AvgIpc) is 2.97. The van der Waals surface area contributed by atoms with Crippen molar-refractivity contribution in [2.24, 2.45) is 0 Å². The van der Waals surface area contributed by atoms with Crippen molar-refractivity contribution in [2.75, 3.05) is 46.3 Å². The zero-order valence-electron chi connectivity index (χ0n) is 12.4. The third-order valence-electron chi connectivity index (χ3n) is 4.11. The molecule has 1 aromatic heterocycles. The van der Waals surface area contributed by atoms with E-state index in [-0.39, 0.29) is 12.1 Å². The summed E-state index contributed by atoms with van der Waals surface area (Å²) in [5.74, 6) is 0.636. The minimum absolute atomic E-state index is 0.0521. The summed E-state index contributed by atoms with van der Waals surface area (Å²) >= 11 is 0. The van der Waals surface area contributed by atoms with Gasteiger partial charge in [0.05, 0.1) is 6.54 Å². The van der Waals surface area contributed by atoms with E-state index in [1.54, 1.807) is 6.20 Å². The molecule has 3 rings (SSSR count). The van der Waals surface area contributed by atoms with Gasteiger partial charge < -0.3 is 19.4 Å². The lowest BCUT2D eigenvalue weighted by atomic mass is 10.3. The Hall–Kier alpha value is -1.82. The van der Waals surface area contributed by atoms with Crippen LogP contribution in [0.25, 0.3) is 0 Å². The van der Waals surface area contributed by atoms with Gasteiger partial charge in [0.1, 0.15) is 6.10 Å². The number of pyridine rings is 1. The van der Waals surface area contributed by atoms with Crippen LogP contribution < -0.4 is 4.74 Å². The predicted octanol–water partition coefficient (Wildman–Crippen LogP) is 0.902. The Morgan fingerprint density at radius 2 is 2.00 bits per heavy atom. The molecule has 2 amide bonds. The molecule has 0 N–H and O–H groups in total. The molecule has 0 radical (unpaired) electrons. The van der Waals surface area contributed by atoms with Crippen molar-refractivity contribution < 1.29 is 9.53 Å². The number of urea groups is 1. The number of likely N-dealkylation sites (tertiary alicyclic amines) is 1. The van der Waals surface area contributed by atoms with Crippen LogP contribution in [0.3, 0.4) is 0 Å². The summed E-state index contributed by atoms with van der Waals surface area (Å²) in [6.07, 6.45) is 2.64. The highest BCUT2D eigenvalue weighted by atomic mass is 16.5. The summed E-state index contributed by atoms with van der Waals surface area (Å²) < 4.78 is 5.83. The maximum atomic E-state index is 12.5. The predicted molar refractivity (Wildman–Crippen MR) is 79.3 cm³/mol.